The second-order valence-electron chi connectivity index (χ2n) is 8.78. The molecule has 0 spiro atoms. The Morgan fingerprint density at radius 2 is 1.21 bits per heavy atom. The summed E-state index contributed by atoms with van der Waals surface area (Å²) >= 11 is 0. The zero-order chi connectivity index (χ0) is 22.2. The SMILES string of the molecule is NC(=Nc1ccc([S+]2CCCCC2)c2ccccc12)c1c2ccccc2cc2ccccc12. The molecule has 0 bridgehead atoms. The number of rotatable bonds is 3. The first kappa shape index (κ1) is 20.3. The maximum absolute atomic E-state index is 6.78. The Morgan fingerprint density at radius 1 is 0.636 bits per heavy atom. The normalized spacial score (nSPS) is 15.5. The van der Waals surface area contributed by atoms with Gasteiger partial charge in [0.15, 0.2) is 4.90 Å². The monoisotopic (exact) mass is 447 g/mol. The Kier molecular flexibility index (Phi) is 5.27. The fourth-order valence-electron chi connectivity index (χ4n) is 5.13. The molecule has 0 radical (unpaired) electrons. The van der Waals surface area contributed by atoms with Crippen LogP contribution in [0.4, 0.5) is 5.69 Å². The predicted octanol–water partition coefficient (Wildman–Crippen LogP) is 7.34. The van der Waals surface area contributed by atoms with E-state index in [2.05, 4.69) is 91.0 Å². The molecule has 0 amide bonds. The molecule has 162 valence electrons. The summed E-state index contributed by atoms with van der Waals surface area (Å²) in [5, 5.41) is 7.18. The third kappa shape index (κ3) is 3.67. The molecular weight excluding hydrogens is 420 g/mol. The topological polar surface area (TPSA) is 38.4 Å². The van der Waals surface area contributed by atoms with E-state index in [4.69, 9.17) is 10.7 Å². The number of fused-ring (bicyclic) bond motifs is 3. The van der Waals surface area contributed by atoms with Crippen LogP contribution < -0.4 is 5.73 Å². The molecule has 1 aliphatic heterocycles. The predicted molar refractivity (Wildman–Crippen MR) is 145 cm³/mol. The van der Waals surface area contributed by atoms with Crippen LogP contribution in [0.25, 0.3) is 32.3 Å². The molecule has 1 heterocycles. The highest BCUT2D eigenvalue weighted by Gasteiger charge is 2.27. The first-order valence-electron chi connectivity index (χ1n) is 11.7. The number of hydrogen-bond acceptors (Lipinski definition) is 1. The summed E-state index contributed by atoms with van der Waals surface area (Å²) in [5.74, 6) is 3.20. The van der Waals surface area contributed by atoms with E-state index in [1.165, 1.54) is 57.2 Å². The van der Waals surface area contributed by atoms with Gasteiger partial charge in [0, 0.05) is 27.2 Å². The van der Waals surface area contributed by atoms with Gasteiger partial charge in [-0.3, -0.25) is 0 Å². The molecule has 1 aliphatic rings. The zero-order valence-electron chi connectivity index (χ0n) is 18.6. The fraction of sp³-hybridized carbons (Fsp3) is 0.167. The molecule has 1 fully saturated rings. The van der Waals surface area contributed by atoms with E-state index < -0.39 is 0 Å². The van der Waals surface area contributed by atoms with Gasteiger partial charge >= 0.3 is 0 Å². The first-order valence-corrected chi connectivity index (χ1v) is 13.3. The molecule has 0 aromatic heterocycles. The summed E-state index contributed by atoms with van der Waals surface area (Å²) in [7, 11) is 0.344. The fourth-order valence-corrected chi connectivity index (χ4v) is 7.63. The van der Waals surface area contributed by atoms with Crippen molar-refractivity contribution in [3.63, 3.8) is 0 Å². The first-order chi connectivity index (χ1) is 16.3. The highest BCUT2D eigenvalue weighted by molar-refractivity contribution is 7.97. The molecule has 5 aromatic rings. The molecule has 0 aliphatic carbocycles. The van der Waals surface area contributed by atoms with Gasteiger partial charge in [-0.25, -0.2) is 4.99 Å². The van der Waals surface area contributed by atoms with Crippen molar-refractivity contribution in [2.75, 3.05) is 11.5 Å². The van der Waals surface area contributed by atoms with Gasteiger partial charge in [-0.15, -0.1) is 0 Å². The maximum atomic E-state index is 6.78. The molecule has 1 saturated heterocycles. The van der Waals surface area contributed by atoms with Crippen LogP contribution in [-0.4, -0.2) is 17.3 Å². The van der Waals surface area contributed by atoms with Gasteiger partial charge in [-0.1, -0.05) is 66.7 Å². The highest BCUT2D eigenvalue weighted by Crippen LogP contribution is 2.35. The van der Waals surface area contributed by atoms with Crippen molar-refractivity contribution < 1.29 is 0 Å². The van der Waals surface area contributed by atoms with Crippen molar-refractivity contribution in [3.8, 4) is 0 Å². The second-order valence-corrected chi connectivity index (χ2v) is 11.0. The Hall–Kier alpha value is -3.30. The van der Waals surface area contributed by atoms with E-state index in [0.717, 1.165) is 22.0 Å². The lowest BCUT2D eigenvalue weighted by atomic mass is 9.96. The van der Waals surface area contributed by atoms with Crippen LogP contribution in [0.15, 0.2) is 101 Å². The summed E-state index contributed by atoms with van der Waals surface area (Å²) in [5.41, 5.74) is 8.75. The average Bonchev–Trinajstić information content (AvgIpc) is 2.88. The van der Waals surface area contributed by atoms with Crippen molar-refractivity contribution in [2.24, 2.45) is 10.7 Å². The Morgan fingerprint density at radius 3 is 1.88 bits per heavy atom. The summed E-state index contributed by atoms with van der Waals surface area (Å²) in [6, 6.07) is 32.3. The van der Waals surface area contributed by atoms with Crippen molar-refractivity contribution in [3.05, 3.63) is 96.6 Å². The van der Waals surface area contributed by atoms with Gasteiger partial charge in [0.1, 0.15) is 17.3 Å². The van der Waals surface area contributed by atoms with Crippen LogP contribution in [0.3, 0.4) is 0 Å². The van der Waals surface area contributed by atoms with Gasteiger partial charge in [0.2, 0.25) is 0 Å². The van der Waals surface area contributed by atoms with E-state index in [-0.39, 0.29) is 0 Å². The van der Waals surface area contributed by atoms with Gasteiger partial charge in [-0.2, -0.15) is 0 Å². The van der Waals surface area contributed by atoms with Crippen molar-refractivity contribution >= 4 is 54.7 Å². The van der Waals surface area contributed by atoms with E-state index in [9.17, 15) is 0 Å². The third-order valence-electron chi connectivity index (χ3n) is 6.72. The van der Waals surface area contributed by atoms with Crippen LogP contribution >= 0.6 is 0 Å². The Bertz CT molecular complexity index is 1460. The standard InChI is InChI=1S/C30H27N2S/c31-30(29-23-12-4-2-10-21(23)20-22-11-3-5-13-24(22)29)32-27-16-17-28(33-18-8-1-9-19-33)26-15-7-6-14-25(26)27/h2-7,10-17,20H,1,8-9,18-19H2,(H2,31,32)/q+1. The molecular formula is C30H27N2S+. The molecule has 5 aromatic carbocycles. The highest BCUT2D eigenvalue weighted by atomic mass is 32.2. The Labute approximate surface area is 197 Å². The van der Waals surface area contributed by atoms with Crippen LogP contribution in [0.5, 0.6) is 0 Å². The van der Waals surface area contributed by atoms with Crippen LogP contribution in [-0.2, 0) is 10.9 Å². The van der Waals surface area contributed by atoms with E-state index >= 15 is 0 Å². The minimum absolute atomic E-state index is 0.344. The van der Waals surface area contributed by atoms with E-state index in [0.29, 0.717) is 16.7 Å². The molecule has 2 nitrogen and oxygen atoms in total. The van der Waals surface area contributed by atoms with E-state index in [1.54, 1.807) is 0 Å². The lowest BCUT2D eigenvalue weighted by Crippen LogP contribution is -2.18. The van der Waals surface area contributed by atoms with Crippen molar-refractivity contribution in [1.82, 2.24) is 0 Å². The number of amidine groups is 1. The minimum Gasteiger partial charge on any atom is -0.383 e. The van der Waals surface area contributed by atoms with Crippen LogP contribution in [0.1, 0.15) is 24.8 Å². The largest absolute Gasteiger partial charge is 0.383 e. The number of nitrogens with zero attached hydrogens (tertiary/aromatic N) is 1. The number of nitrogens with two attached hydrogens (primary N) is 1. The molecule has 0 saturated carbocycles. The van der Waals surface area contributed by atoms with Gasteiger partial charge in [0.25, 0.3) is 0 Å². The second kappa shape index (κ2) is 8.57. The lowest BCUT2D eigenvalue weighted by Gasteiger charge is -2.16. The van der Waals surface area contributed by atoms with E-state index in [1.807, 2.05) is 0 Å². The molecule has 33 heavy (non-hydrogen) atoms. The lowest BCUT2D eigenvalue weighted by molar-refractivity contribution is 0.756. The molecule has 2 N–H and O–H groups in total. The average molecular weight is 448 g/mol. The maximum Gasteiger partial charge on any atom is 0.162 e. The van der Waals surface area contributed by atoms with Gasteiger partial charge < -0.3 is 5.73 Å². The summed E-state index contributed by atoms with van der Waals surface area (Å²) < 4.78 is 0. The summed E-state index contributed by atoms with van der Waals surface area (Å²) in [4.78, 5) is 6.54. The van der Waals surface area contributed by atoms with Gasteiger partial charge in [-0.05, 0) is 65.1 Å². The molecule has 6 rings (SSSR count). The minimum atomic E-state index is 0.344. The molecule has 0 unspecified atom stereocenters. The molecule has 0 atom stereocenters. The smallest absolute Gasteiger partial charge is 0.162 e. The van der Waals surface area contributed by atoms with Crippen molar-refractivity contribution in [2.45, 2.75) is 24.2 Å². The summed E-state index contributed by atoms with van der Waals surface area (Å²) in [6.07, 6.45) is 4.07. The van der Waals surface area contributed by atoms with Gasteiger partial charge in [0.05, 0.1) is 5.69 Å². The Balaban J connectivity index is 1.54. The third-order valence-corrected chi connectivity index (χ3v) is 9.26. The number of aliphatic imine (C=N–C) groups is 1. The van der Waals surface area contributed by atoms with Crippen molar-refractivity contribution in [1.29, 1.82) is 0 Å². The zero-order valence-corrected chi connectivity index (χ0v) is 19.4. The number of benzene rings is 5. The summed E-state index contributed by atoms with van der Waals surface area (Å²) in [6.45, 7) is 0. The molecule has 3 heteroatoms. The quantitative estimate of drug-likeness (QED) is 0.134. The van der Waals surface area contributed by atoms with Crippen LogP contribution in [0.2, 0.25) is 0 Å². The number of hydrogen-bond donors (Lipinski definition) is 1. The van der Waals surface area contributed by atoms with Crippen LogP contribution in [0, 0.1) is 0 Å².